The van der Waals surface area contributed by atoms with Gasteiger partial charge in [0.05, 0.1) is 0 Å². The van der Waals surface area contributed by atoms with Crippen molar-refractivity contribution in [2.24, 2.45) is 0 Å². The summed E-state index contributed by atoms with van der Waals surface area (Å²) in [5.74, 6) is 0. The quantitative estimate of drug-likeness (QED) is 0.0924. The number of aryl methyl sites for hydroxylation is 2. The third kappa shape index (κ3) is 10.6. The minimum Gasteiger partial charge on any atom is -0.358 e. The van der Waals surface area contributed by atoms with Crippen molar-refractivity contribution in [1.29, 1.82) is 0 Å². The van der Waals surface area contributed by atoms with Crippen LogP contribution in [0.2, 0.25) is 0 Å². The molecule has 8 aromatic rings. The van der Waals surface area contributed by atoms with Crippen molar-refractivity contribution in [3.05, 3.63) is 164 Å². The predicted octanol–water partition coefficient (Wildman–Crippen LogP) is 14.9. The summed E-state index contributed by atoms with van der Waals surface area (Å²) in [5, 5.41) is 10.6. The minimum absolute atomic E-state index is 0. The second kappa shape index (κ2) is 22.0. The molecule has 0 saturated carbocycles. The van der Waals surface area contributed by atoms with E-state index in [-0.39, 0.29) is 69.4 Å². The monoisotopic (exact) mass is 801 g/mol. The van der Waals surface area contributed by atoms with Crippen LogP contribution in [0.3, 0.4) is 0 Å². The Bertz CT molecular complexity index is 2060. The average molecular weight is 804 g/mol. The molecule has 0 unspecified atom stereocenters. The Morgan fingerprint density at radius 1 is 0.431 bits per heavy atom. The van der Waals surface area contributed by atoms with E-state index in [4.69, 9.17) is 0 Å². The number of benzene rings is 6. The molecule has 0 heterocycles. The van der Waals surface area contributed by atoms with Crippen molar-refractivity contribution in [3.8, 4) is 22.3 Å². The molecule has 0 spiro atoms. The summed E-state index contributed by atoms with van der Waals surface area (Å²) in [6.07, 6.45) is 5.54. The van der Waals surface area contributed by atoms with Crippen LogP contribution >= 0.6 is 24.8 Å². The van der Waals surface area contributed by atoms with Gasteiger partial charge in [0.25, 0.3) is 0 Å². The molecule has 8 aromatic carbocycles. The Morgan fingerprint density at radius 2 is 0.745 bits per heavy atom. The Balaban J connectivity index is 0.000000407. The molecule has 0 fully saturated rings. The molecule has 0 aliphatic heterocycles. The van der Waals surface area contributed by atoms with E-state index >= 15 is 0 Å². The topological polar surface area (TPSA) is 0 Å². The Labute approximate surface area is 342 Å². The zero-order valence-corrected chi connectivity index (χ0v) is 35.6. The molecule has 0 aromatic heterocycles. The number of fused-ring (bicyclic) bond motifs is 4. The summed E-state index contributed by atoms with van der Waals surface area (Å²) in [7, 11) is 0. The van der Waals surface area contributed by atoms with E-state index in [1.807, 2.05) is 0 Å². The summed E-state index contributed by atoms with van der Waals surface area (Å²) in [4.78, 5) is 0. The van der Waals surface area contributed by atoms with Crippen LogP contribution in [0.1, 0.15) is 50.7 Å². The summed E-state index contributed by atoms with van der Waals surface area (Å²) in [5.41, 5.74) is 7.94. The van der Waals surface area contributed by atoms with Crippen molar-refractivity contribution in [1.82, 2.24) is 0 Å². The smallest absolute Gasteiger partial charge is 0.358 e. The molecule has 259 valence electrons. The van der Waals surface area contributed by atoms with Gasteiger partial charge in [-0.25, -0.2) is 0 Å². The van der Waals surface area contributed by atoms with E-state index in [2.05, 4.69) is 173 Å². The second-order valence-corrected chi connectivity index (χ2v) is 12.4. The van der Waals surface area contributed by atoms with E-state index in [0.717, 1.165) is 0 Å². The van der Waals surface area contributed by atoms with Gasteiger partial charge >= 0.3 is 26.2 Å². The Morgan fingerprint density at radius 3 is 1.12 bits per heavy atom. The van der Waals surface area contributed by atoms with E-state index < -0.39 is 0 Å². The van der Waals surface area contributed by atoms with Crippen LogP contribution in [0.15, 0.2) is 146 Å². The first-order valence-corrected chi connectivity index (χ1v) is 16.9. The van der Waals surface area contributed by atoms with E-state index in [1.165, 1.54) is 102 Å². The summed E-state index contributed by atoms with van der Waals surface area (Å²) in [6.45, 7) is 8.78. The number of unbranched alkanes of at least 4 members (excludes halogenated alkanes) is 3. The van der Waals surface area contributed by atoms with E-state index in [1.54, 1.807) is 0 Å². The van der Waals surface area contributed by atoms with Gasteiger partial charge in [-0.15, -0.1) is 93.9 Å². The molecule has 0 aliphatic rings. The number of hydrogen-bond donors (Lipinski definition) is 0. The molecule has 0 atom stereocenters. The summed E-state index contributed by atoms with van der Waals surface area (Å²) >= 11 is 0. The fraction of sp³-hybridized carbons (Fsp3) is 0.170. The van der Waals surface area contributed by atoms with Crippen molar-refractivity contribution >= 4 is 78.9 Å². The van der Waals surface area contributed by atoms with Gasteiger partial charge in [-0.3, -0.25) is 0 Å². The number of halogens is 2. The average Bonchev–Trinajstić information content (AvgIpc) is 3.68. The van der Waals surface area contributed by atoms with Crippen LogP contribution in [0.4, 0.5) is 0 Å². The van der Waals surface area contributed by atoms with Crippen LogP contribution in [-0.2, 0) is 26.2 Å². The van der Waals surface area contributed by atoms with Crippen molar-refractivity contribution in [2.75, 3.05) is 0 Å². The van der Waals surface area contributed by atoms with Gasteiger partial charge in [-0.2, -0.15) is 12.1 Å². The molecular formula is C47H49Cl2SiZr. The summed E-state index contributed by atoms with van der Waals surface area (Å²) in [6, 6.07) is 52.5. The van der Waals surface area contributed by atoms with Crippen LogP contribution < -0.4 is 0 Å². The van der Waals surface area contributed by atoms with E-state index in [0.29, 0.717) is 0 Å². The predicted molar refractivity (Wildman–Crippen MR) is 231 cm³/mol. The van der Waals surface area contributed by atoms with Crippen molar-refractivity contribution < 1.29 is 26.2 Å². The van der Waals surface area contributed by atoms with Gasteiger partial charge in [0.2, 0.25) is 0 Å². The number of hydrogen-bond acceptors (Lipinski definition) is 0. The van der Waals surface area contributed by atoms with Gasteiger partial charge in [0.1, 0.15) is 0 Å². The normalized spacial score (nSPS) is 9.88. The maximum Gasteiger partial charge on any atom is 3.00 e. The SMILES string of the molecule is CCCCCC.Cc1cc2c(-c3cccc4ccccc34)cccc2[cH-]1.Cc1cc2c(-c3cccc4ccccc34)cccc2[cH-]1.Cl.Cl.[CH3-].[Si].[Zr+3]. The van der Waals surface area contributed by atoms with Crippen LogP contribution in [0, 0.1) is 21.3 Å². The van der Waals surface area contributed by atoms with Crippen molar-refractivity contribution in [3.63, 3.8) is 0 Å². The zero-order chi connectivity index (χ0) is 31.9. The first kappa shape index (κ1) is 45.8. The largest absolute Gasteiger partial charge is 3.00 e. The molecular weight excluding hydrogens is 755 g/mol. The van der Waals surface area contributed by atoms with Gasteiger partial charge in [0.15, 0.2) is 0 Å². The van der Waals surface area contributed by atoms with Gasteiger partial charge in [-0.1, -0.05) is 162 Å². The van der Waals surface area contributed by atoms with Crippen LogP contribution in [0.5, 0.6) is 0 Å². The maximum absolute atomic E-state index is 2.28. The molecule has 5 radical (unpaired) electrons. The first-order valence-electron chi connectivity index (χ1n) is 16.9. The molecule has 0 nitrogen and oxygen atoms in total. The third-order valence-corrected chi connectivity index (χ3v) is 8.91. The second-order valence-electron chi connectivity index (χ2n) is 12.4. The fourth-order valence-electron chi connectivity index (χ4n) is 6.66. The molecule has 0 N–H and O–H groups in total. The molecule has 0 aliphatic carbocycles. The molecule has 51 heavy (non-hydrogen) atoms. The minimum atomic E-state index is 0. The van der Waals surface area contributed by atoms with E-state index in [9.17, 15) is 0 Å². The molecule has 4 heteroatoms. The first-order chi connectivity index (χ1) is 22.6. The van der Waals surface area contributed by atoms with Crippen LogP contribution in [-0.4, -0.2) is 11.0 Å². The van der Waals surface area contributed by atoms with Gasteiger partial charge in [-0.05, 0) is 32.7 Å². The maximum atomic E-state index is 2.28. The molecule has 0 amide bonds. The standard InChI is InChI=1S/2C20H15.C6H14.CH3.2ClH.Si.Zr/c2*1-14-12-16-8-5-11-19(20(16)13-14)18-10-4-7-15-6-2-3-9-17(15)18;1-3-5-6-4-2;;;;;/h2*2-13H,1H3;3-6H2,1-2H3;1H3;2*1H;;/q2*-1;;-1;;;;+3. The summed E-state index contributed by atoms with van der Waals surface area (Å²) < 4.78 is 0. The molecule has 0 bridgehead atoms. The van der Waals surface area contributed by atoms with Gasteiger partial charge < -0.3 is 7.43 Å². The molecule has 8 rings (SSSR count). The van der Waals surface area contributed by atoms with Crippen LogP contribution in [0.25, 0.3) is 65.3 Å². The zero-order valence-electron chi connectivity index (χ0n) is 30.5. The number of rotatable bonds is 5. The molecule has 0 saturated heterocycles. The van der Waals surface area contributed by atoms with Gasteiger partial charge in [0, 0.05) is 11.0 Å². The Hall–Kier alpha value is -3.26. The third-order valence-electron chi connectivity index (χ3n) is 8.91. The van der Waals surface area contributed by atoms with Crippen molar-refractivity contribution in [2.45, 2.75) is 53.4 Å². The fourth-order valence-corrected chi connectivity index (χ4v) is 6.66. The Kier molecular flexibility index (Phi) is 19.7.